The molecule has 0 amide bonds. The summed E-state index contributed by atoms with van der Waals surface area (Å²) in [6, 6.07) is 9.48. The number of rotatable bonds is 5. The van der Waals surface area contributed by atoms with Crippen LogP contribution in [0.4, 0.5) is 0 Å². The summed E-state index contributed by atoms with van der Waals surface area (Å²) >= 11 is 0. The minimum absolute atomic E-state index is 0.0796. The van der Waals surface area contributed by atoms with Gasteiger partial charge >= 0.3 is 0 Å². The summed E-state index contributed by atoms with van der Waals surface area (Å²) in [5, 5.41) is 0. The predicted octanol–water partition coefficient (Wildman–Crippen LogP) is 2.78. The van der Waals surface area contributed by atoms with Crippen LogP contribution in [0, 0.1) is 0 Å². The van der Waals surface area contributed by atoms with Crippen molar-refractivity contribution in [2.45, 2.75) is 18.2 Å². The molecule has 0 aliphatic carbocycles. The van der Waals surface area contributed by atoms with Crippen LogP contribution < -0.4 is 0 Å². The van der Waals surface area contributed by atoms with Crippen LogP contribution in [0.5, 0.6) is 0 Å². The Balaban J connectivity index is 2.88. The lowest BCUT2D eigenvalue weighted by atomic mass is 10.4. The molecule has 0 fully saturated rings. The quantitative estimate of drug-likeness (QED) is 0.819. The molecule has 0 bridgehead atoms. The van der Waals surface area contributed by atoms with E-state index < -0.39 is 20.4 Å². The molecule has 0 N–H and O–H groups in total. The molecular formula is C11H18O3S2. The van der Waals surface area contributed by atoms with Gasteiger partial charge in [-0.15, -0.1) is 0 Å². The van der Waals surface area contributed by atoms with Gasteiger partial charge in [-0.2, -0.15) is 8.42 Å². The SMILES string of the molecule is CCCS(=O)(=O)OS(C)(C)c1ccccc1. The largest absolute Gasteiger partial charge is 0.276 e. The third-order valence-corrected chi connectivity index (χ3v) is 6.54. The lowest BCUT2D eigenvalue weighted by molar-refractivity contribution is 0.510. The van der Waals surface area contributed by atoms with E-state index in [9.17, 15) is 8.42 Å². The van der Waals surface area contributed by atoms with E-state index in [2.05, 4.69) is 0 Å². The zero-order valence-corrected chi connectivity index (χ0v) is 11.5. The molecule has 0 aliphatic rings. The highest BCUT2D eigenvalue weighted by Crippen LogP contribution is 2.51. The fourth-order valence-electron chi connectivity index (χ4n) is 1.33. The zero-order chi connectivity index (χ0) is 12.2. The van der Waals surface area contributed by atoms with Crippen molar-refractivity contribution in [1.29, 1.82) is 0 Å². The van der Waals surface area contributed by atoms with Crippen molar-refractivity contribution in [3.8, 4) is 0 Å². The summed E-state index contributed by atoms with van der Waals surface area (Å²) in [6.07, 6.45) is 4.26. The molecule has 0 heterocycles. The summed E-state index contributed by atoms with van der Waals surface area (Å²) < 4.78 is 28.5. The van der Waals surface area contributed by atoms with E-state index in [1.54, 1.807) is 0 Å². The summed E-state index contributed by atoms with van der Waals surface area (Å²) in [5.41, 5.74) is 0. The second kappa shape index (κ2) is 5.21. The Morgan fingerprint density at radius 1 is 1.12 bits per heavy atom. The van der Waals surface area contributed by atoms with Gasteiger partial charge < -0.3 is 0 Å². The van der Waals surface area contributed by atoms with E-state index in [0.717, 1.165) is 4.90 Å². The first kappa shape index (κ1) is 13.5. The van der Waals surface area contributed by atoms with E-state index in [4.69, 9.17) is 3.63 Å². The molecule has 0 saturated heterocycles. The Labute approximate surface area is 99.5 Å². The average molecular weight is 262 g/mol. The first-order valence-electron chi connectivity index (χ1n) is 5.09. The van der Waals surface area contributed by atoms with E-state index in [1.165, 1.54) is 0 Å². The molecule has 0 saturated carbocycles. The first-order valence-corrected chi connectivity index (χ1v) is 9.05. The van der Waals surface area contributed by atoms with Gasteiger partial charge in [0.2, 0.25) is 0 Å². The first-order chi connectivity index (χ1) is 7.37. The van der Waals surface area contributed by atoms with Crippen LogP contribution in [0.2, 0.25) is 0 Å². The fourth-order valence-corrected chi connectivity index (χ4v) is 5.30. The van der Waals surface area contributed by atoms with Crippen molar-refractivity contribution < 1.29 is 12.0 Å². The summed E-state index contributed by atoms with van der Waals surface area (Å²) in [4.78, 5) is 0.940. The van der Waals surface area contributed by atoms with Crippen LogP contribution in [0.15, 0.2) is 35.2 Å². The molecule has 3 nitrogen and oxygen atoms in total. The van der Waals surface area contributed by atoms with Crippen LogP contribution in [0.25, 0.3) is 0 Å². The minimum Gasteiger partial charge on any atom is -0.216 e. The Morgan fingerprint density at radius 2 is 1.69 bits per heavy atom. The molecular weight excluding hydrogens is 244 g/mol. The van der Waals surface area contributed by atoms with Crippen LogP contribution in [-0.2, 0) is 13.7 Å². The van der Waals surface area contributed by atoms with Gasteiger partial charge in [0.25, 0.3) is 10.1 Å². The molecule has 0 spiro atoms. The van der Waals surface area contributed by atoms with E-state index >= 15 is 0 Å². The van der Waals surface area contributed by atoms with Crippen LogP contribution in [-0.4, -0.2) is 26.7 Å². The Hall–Kier alpha value is -0.520. The van der Waals surface area contributed by atoms with Gasteiger partial charge in [0.15, 0.2) is 0 Å². The maximum Gasteiger partial charge on any atom is 0.276 e. The molecule has 0 atom stereocenters. The molecule has 0 aliphatic heterocycles. The van der Waals surface area contributed by atoms with Crippen molar-refractivity contribution in [3.63, 3.8) is 0 Å². The van der Waals surface area contributed by atoms with Crippen LogP contribution in [0.1, 0.15) is 13.3 Å². The van der Waals surface area contributed by atoms with Gasteiger partial charge in [0, 0.05) is 4.90 Å². The molecule has 0 aromatic heterocycles. The Morgan fingerprint density at radius 3 is 2.19 bits per heavy atom. The molecule has 1 aromatic carbocycles. The smallest absolute Gasteiger partial charge is 0.216 e. The van der Waals surface area contributed by atoms with Crippen molar-refractivity contribution in [3.05, 3.63) is 30.3 Å². The normalized spacial score (nSPS) is 13.7. The highest BCUT2D eigenvalue weighted by molar-refractivity contribution is 8.32. The second-order valence-electron chi connectivity index (χ2n) is 3.88. The summed E-state index contributed by atoms with van der Waals surface area (Å²) in [7, 11) is -5.13. The van der Waals surface area contributed by atoms with E-state index in [0.29, 0.717) is 6.42 Å². The average Bonchev–Trinajstić information content (AvgIpc) is 2.17. The van der Waals surface area contributed by atoms with Gasteiger partial charge in [0.05, 0.1) is 5.75 Å². The third-order valence-electron chi connectivity index (χ3n) is 2.04. The fraction of sp³-hybridized carbons (Fsp3) is 0.455. The number of benzene rings is 1. The summed E-state index contributed by atoms with van der Waals surface area (Å²) in [5.74, 6) is 0.0796. The lowest BCUT2D eigenvalue weighted by Gasteiger charge is -2.30. The van der Waals surface area contributed by atoms with Gasteiger partial charge in [-0.05, 0) is 31.1 Å². The van der Waals surface area contributed by atoms with Crippen LogP contribution in [0.3, 0.4) is 0 Å². The molecule has 16 heavy (non-hydrogen) atoms. The highest BCUT2D eigenvalue weighted by Gasteiger charge is 2.23. The van der Waals surface area contributed by atoms with Gasteiger partial charge in [-0.25, -0.2) is 3.63 Å². The van der Waals surface area contributed by atoms with Gasteiger partial charge in [0.1, 0.15) is 0 Å². The Kier molecular flexibility index (Phi) is 4.41. The topological polar surface area (TPSA) is 43.4 Å². The van der Waals surface area contributed by atoms with Crippen molar-refractivity contribution in [2.24, 2.45) is 0 Å². The molecule has 1 aromatic rings. The predicted molar refractivity (Wildman–Crippen MR) is 69.3 cm³/mol. The van der Waals surface area contributed by atoms with Crippen molar-refractivity contribution >= 4 is 20.4 Å². The molecule has 0 unspecified atom stereocenters. The standard InChI is InChI=1S/C11H18O3S2/c1-4-10-16(12,13)14-15(2,3)11-8-6-5-7-9-11/h5-9H,4,10H2,1-3H3. The van der Waals surface area contributed by atoms with Gasteiger partial charge in [-0.1, -0.05) is 35.4 Å². The minimum atomic E-state index is -3.40. The lowest BCUT2D eigenvalue weighted by Crippen LogP contribution is -2.13. The molecule has 0 radical (unpaired) electrons. The molecule has 1 rings (SSSR count). The Bertz CT molecular complexity index is 424. The maximum absolute atomic E-state index is 11.6. The van der Waals surface area contributed by atoms with E-state index in [-0.39, 0.29) is 5.75 Å². The second-order valence-corrected chi connectivity index (χ2v) is 8.88. The van der Waals surface area contributed by atoms with Gasteiger partial charge in [-0.3, -0.25) is 0 Å². The van der Waals surface area contributed by atoms with Crippen molar-refractivity contribution in [1.82, 2.24) is 0 Å². The maximum atomic E-state index is 11.6. The number of hydrogen-bond donors (Lipinski definition) is 0. The number of hydrogen-bond acceptors (Lipinski definition) is 3. The van der Waals surface area contributed by atoms with Crippen molar-refractivity contribution in [2.75, 3.05) is 18.3 Å². The molecule has 92 valence electrons. The highest BCUT2D eigenvalue weighted by atomic mass is 32.3. The summed E-state index contributed by atoms with van der Waals surface area (Å²) in [6.45, 7) is 1.83. The monoisotopic (exact) mass is 262 g/mol. The van der Waals surface area contributed by atoms with E-state index in [1.807, 2.05) is 49.8 Å². The third kappa shape index (κ3) is 3.81. The zero-order valence-electron chi connectivity index (χ0n) is 9.84. The van der Waals surface area contributed by atoms with Crippen LogP contribution >= 0.6 is 10.3 Å². The molecule has 5 heteroatoms.